The van der Waals surface area contributed by atoms with Crippen molar-refractivity contribution in [2.24, 2.45) is 0 Å². The van der Waals surface area contributed by atoms with Crippen molar-refractivity contribution in [1.82, 2.24) is 20.0 Å². The van der Waals surface area contributed by atoms with Crippen LogP contribution in [-0.2, 0) is 11.3 Å². The standard InChI is InChI=1S/C20H32N4O2/c1-22-9-5-11-24(13-12-22)20(25)21-15-19-17-23(10-6-14-26-19)16-18-7-3-2-4-8-18/h2-4,7-8,19H,5-6,9-17H2,1H3,(H,21,25). The fourth-order valence-electron chi connectivity index (χ4n) is 3.64. The fraction of sp³-hybridized carbons (Fsp3) is 0.650. The van der Waals surface area contributed by atoms with Gasteiger partial charge in [-0.25, -0.2) is 4.79 Å². The first-order valence-electron chi connectivity index (χ1n) is 9.80. The van der Waals surface area contributed by atoms with E-state index >= 15 is 0 Å². The van der Waals surface area contributed by atoms with Crippen molar-refractivity contribution in [3.63, 3.8) is 0 Å². The first-order valence-corrected chi connectivity index (χ1v) is 9.80. The first-order chi connectivity index (χ1) is 12.7. The minimum absolute atomic E-state index is 0.0442. The number of likely N-dealkylation sites (N-methyl/N-ethyl adjacent to an activating group) is 1. The number of benzene rings is 1. The second-order valence-corrected chi connectivity index (χ2v) is 7.40. The summed E-state index contributed by atoms with van der Waals surface area (Å²) in [6, 6.07) is 10.6. The van der Waals surface area contributed by atoms with Crippen LogP contribution in [0.2, 0.25) is 0 Å². The summed E-state index contributed by atoms with van der Waals surface area (Å²) in [4.78, 5) is 19.1. The van der Waals surface area contributed by atoms with Crippen LogP contribution in [0.25, 0.3) is 0 Å². The molecule has 6 heteroatoms. The summed E-state index contributed by atoms with van der Waals surface area (Å²) in [5, 5.41) is 3.09. The molecule has 3 rings (SSSR count). The van der Waals surface area contributed by atoms with Crippen LogP contribution in [0.3, 0.4) is 0 Å². The molecule has 2 aliphatic rings. The number of urea groups is 1. The molecule has 0 radical (unpaired) electrons. The Morgan fingerprint density at radius 3 is 2.81 bits per heavy atom. The number of hydrogen-bond acceptors (Lipinski definition) is 4. The molecule has 1 unspecified atom stereocenters. The quantitative estimate of drug-likeness (QED) is 0.887. The molecule has 26 heavy (non-hydrogen) atoms. The summed E-state index contributed by atoms with van der Waals surface area (Å²) < 4.78 is 5.97. The Bertz CT molecular complexity index is 554. The van der Waals surface area contributed by atoms with E-state index in [0.717, 1.165) is 65.3 Å². The van der Waals surface area contributed by atoms with E-state index in [1.807, 2.05) is 11.0 Å². The van der Waals surface area contributed by atoms with Gasteiger partial charge in [0.25, 0.3) is 0 Å². The molecule has 2 saturated heterocycles. The molecule has 0 bridgehead atoms. The van der Waals surface area contributed by atoms with E-state index in [4.69, 9.17) is 4.74 Å². The van der Waals surface area contributed by atoms with Gasteiger partial charge in [-0.05, 0) is 32.0 Å². The number of nitrogens with one attached hydrogen (secondary N) is 1. The van der Waals surface area contributed by atoms with Crippen LogP contribution in [0.1, 0.15) is 18.4 Å². The molecule has 144 valence electrons. The van der Waals surface area contributed by atoms with Crippen molar-refractivity contribution in [2.75, 3.05) is 59.5 Å². The largest absolute Gasteiger partial charge is 0.375 e. The molecule has 0 aliphatic carbocycles. The van der Waals surface area contributed by atoms with Gasteiger partial charge in [-0.15, -0.1) is 0 Å². The number of amides is 2. The molecule has 2 amide bonds. The molecule has 1 aromatic rings. The van der Waals surface area contributed by atoms with Gasteiger partial charge < -0.3 is 19.9 Å². The first kappa shape index (κ1) is 19.1. The van der Waals surface area contributed by atoms with E-state index in [1.54, 1.807) is 0 Å². The van der Waals surface area contributed by atoms with E-state index in [1.165, 1.54) is 5.56 Å². The van der Waals surface area contributed by atoms with E-state index < -0.39 is 0 Å². The molecule has 1 N–H and O–H groups in total. The van der Waals surface area contributed by atoms with Gasteiger partial charge in [-0.1, -0.05) is 30.3 Å². The molecule has 0 saturated carbocycles. The van der Waals surface area contributed by atoms with Gasteiger partial charge in [-0.2, -0.15) is 0 Å². The topological polar surface area (TPSA) is 48.0 Å². The molecule has 1 atom stereocenters. The highest BCUT2D eigenvalue weighted by Crippen LogP contribution is 2.11. The second-order valence-electron chi connectivity index (χ2n) is 7.40. The van der Waals surface area contributed by atoms with Crippen molar-refractivity contribution in [3.05, 3.63) is 35.9 Å². The van der Waals surface area contributed by atoms with Crippen molar-refractivity contribution in [3.8, 4) is 0 Å². The number of rotatable bonds is 4. The Balaban J connectivity index is 1.46. The molecule has 1 aromatic carbocycles. The lowest BCUT2D eigenvalue weighted by atomic mass is 10.2. The molecule has 0 aromatic heterocycles. The van der Waals surface area contributed by atoms with Crippen molar-refractivity contribution in [2.45, 2.75) is 25.5 Å². The zero-order chi connectivity index (χ0) is 18.2. The van der Waals surface area contributed by atoms with Crippen molar-refractivity contribution >= 4 is 6.03 Å². The summed E-state index contributed by atoms with van der Waals surface area (Å²) in [5.74, 6) is 0. The number of nitrogens with zero attached hydrogens (tertiary/aromatic N) is 3. The van der Waals surface area contributed by atoms with E-state index in [-0.39, 0.29) is 12.1 Å². The number of carbonyl (C=O) groups excluding carboxylic acids is 1. The highest BCUT2D eigenvalue weighted by atomic mass is 16.5. The summed E-state index contributed by atoms with van der Waals surface area (Å²) in [7, 11) is 2.11. The third-order valence-corrected chi connectivity index (χ3v) is 5.17. The minimum atomic E-state index is 0.0442. The maximum absolute atomic E-state index is 12.5. The van der Waals surface area contributed by atoms with Crippen LogP contribution in [0.5, 0.6) is 0 Å². The molecule has 6 nitrogen and oxygen atoms in total. The monoisotopic (exact) mass is 360 g/mol. The summed E-state index contributed by atoms with van der Waals surface area (Å²) >= 11 is 0. The minimum Gasteiger partial charge on any atom is -0.375 e. The average molecular weight is 361 g/mol. The Kier molecular flexibility index (Phi) is 7.29. The molecular weight excluding hydrogens is 328 g/mol. The lowest BCUT2D eigenvalue weighted by Crippen LogP contribution is -2.46. The lowest BCUT2D eigenvalue weighted by molar-refractivity contribution is 0.0540. The third kappa shape index (κ3) is 5.97. The Labute approximate surface area is 157 Å². The van der Waals surface area contributed by atoms with E-state index in [9.17, 15) is 4.79 Å². The third-order valence-electron chi connectivity index (χ3n) is 5.17. The van der Waals surface area contributed by atoms with Gasteiger partial charge in [0.15, 0.2) is 0 Å². The predicted octanol–water partition coefficient (Wildman–Crippen LogP) is 1.62. The summed E-state index contributed by atoms with van der Waals surface area (Å²) in [6.07, 6.45) is 2.13. The van der Waals surface area contributed by atoms with Gasteiger partial charge in [0, 0.05) is 52.4 Å². The van der Waals surface area contributed by atoms with Crippen LogP contribution in [0.4, 0.5) is 4.79 Å². The molecule has 2 aliphatic heterocycles. The predicted molar refractivity (Wildman–Crippen MR) is 103 cm³/mol. The SMILES string of the molecule is CN1CCCN(C(=O)NCC2CN(Cc3ccccc3)CCCO2)CC1. The Morgan fingerprint density at radius 2 is 1.96 bits per heavy atom. The zero-order valence-corrected chi connectivity index (χ0v) is 15.9. The number of hydrogen-bond donors (Lipinski definition) is 1. The number of carbonyl (C=O) groups is 1. The van der Waals surface area contributed by atoms with Gasteiger partial charge in [0.2, 0.25) is 0 Å². The normalized spacial score (nSPS) is 23.3. The Morgan fingerprint density at radius 1 is 1.12 bits per heavy atom. The molecule has 2 heterocycles. The van der Waals surface area contributed by atoms with E-state index in [0.29, 0.717) is 6.54 Å². The van der Waals surface area contributed by atoms with Crippen LogP contribution < -0.4 is 5.32 Å². The Hall–Kier alpha value is -1.63. The smallest absolute Gasteiger partial charge is 0.317 e. The van der Waals surface area contributed by atoms with Gasteiger partial charge >= 0.3 is 6.03 Å². The zero-order valence-electron chi connectivity index (χ0n) is 15.9. The van der Waals surface area contributed by atoms with Crippen molar-refractivity contribution < 1.29 is 9.53 Å². The second kappa shape index (κ2) is 9.90. The number of ether oxygens (including phenoxy) is 1. The summed E-state index contributed by atoms with van der Waals surface area (Å²) in [5.41, 5.74) is 1.32. The maximum atomic E-state index is 12.5. The highest BCUT2D eigenvalue weighted by Gasteiger charge is 2.22. The van der Waals surface area contributed by atoms with Gasteiger partial charge in [0.05, 0.1) is 6.10 Å². The average Bonchev–Trinajstić information content (AvgIpc) is 3.01. The van der Waals surface area contributed by atoms with Crippen LogP contribution in [0.15, 0.2) is 30.3 Å². The summed E-state index contributed by atoms with van der Waals surface area (Å²) in [6.45, 7) is 7.82. The molecular formula is C20H32N4O2. The van der Waals surface area contributed by atoms with E-state index in [2.05, 4.69) is 46.4 Å². The van der Waals surface area contributed by atoms with Crippen LogP contribution in [0, 0.1) is 0 Å². The van der Waals surface area contributed by atoms with Crippen molar-refractivity contribution in [1.29, 1.82) is 0 Å². The van der Waals surface area contributed by atoms with Gasteiger partial charge in [-0.3, -0.25) is 4.90 Å². The molecule has 0 spiro atoms. The van der Waals surface area contributed by atoms with Gasteiger partial charge in [0.1, 0.15) is 0 Å². The lowest BCUT2D eigenvalue weighted by Gasteiger charge is -2.26. The van der Waals surface area contributed by atoms with Crippen LogP contribution in [-0.4, -0.2) is 86.3 Å². The fourth-order valence-corrected chi connectivity index (χ4v) is 3.64. The van der Waals surface area contributed by atoms with Crippen LogP contribution >= 0.6 is 0 Å². The highest BCUT2D eigenvalue weighted by molar-refractivity contribution is 5.74. The maximum Gasteiger partial charge on any atom is 0.317 e. The molecule has 2 fully saturated rings.